The summed E-state index contributed by atoms with van der Waals surface area (Å²) in [5.74, 6) is 0. The van der Waals surface area contributed by atoms with Crippen molar-refractivity contribution in [1.29, 1.82) is 0 Å². The summed E-state index contributed by atoms with van der Waals surface area (Å²) in [4.78, 5) is 2.36. The highest BCUT2D eigenvalue weighted by Crippen LogP contribution is 2.36. The minimum atomic E-state index is -0.259. The minimum absolute atomic E-state index is 0.259. The molecular formula is C9H16N2O2. The summed E-state index contributed by atoms with van der Waals surface area (Å²) < 4.78 is 5.24. The number of nitrogens with zero attached hydrogens (tertiary/aromatic N) is 1. The molecule has 13 heavy (non-hydrogen) atoms. The first-order chi connectivity index (χ1) is 6.29. The third kappa shape index (κ3) is 1.13. The van der Waals surface area contributed by atoms with Crippen LogP contribution in [0.2, 0.25) is 0 Å². The van der Waals surface area contributed by atoms with Crippen LogP contribution in [-0.4, -0.2) is 61.5 Å². The van der Waals surface area contributed by atoms with E-state index >= 15 is 0 Å². The lowest BCUT2D eigenvalue weighted by Gasteiger charge is -2.58. The molecule has 2 atom stereocenters. The van der Waals surface area contributed by atoms with Crippen molar-refractivity contribution in [2.75, 3.05) is 39.4 Å². The van der Waals surface area contributed by atoms with Crippen molar-refractivity contribution < 1.29 is 9.84 Å². The van der Waals surface area contributed by atoms with Gasteiger partial charge in [-0.25, -0.2) is 0 Å². The molecule has 0 bridgehead atoms. The Hall–Kier alpha value is -0.160. The Kier molecular flexibility index (Phi) is 1.68. The van der Waals surface area contributed by atoms with Crippen molar-refractivity contribution in [3.8, 4) is 0 Å². The Morgan fingerprint density at radius 1 is 1.31 bits per heavy atom. The molecule has 0 aromatic carbocycles. The Labute approximate surface area is 77.9 Å². The van der Waals surface area contributed by atoms with Gasteiger partial charge in [-0.3, -0.25) is 4.90 Å². The largest absolute Gasteiger partial charge is 0.389 e. The van der Waals surface area contributed by atoms with Gasteiger partial charge in [0.05, 0.1) is 25.4 Å². The molecule has 74 valence electrons. The maximum Gasteiger partial charge on any atom is 0.0950 e. The van der Waals surface area contributed by atoms with E-state index in [0.29, 0.717) is 18.6 Å². The van der Waals surface area contributed by atoms with Crippen LogP contribution in [0.1, 0.15) is 0 Å². The topological polar surface area (TPSA) is 44.7 Å². The van der Waals surface area contributed by atoms with E-state index < -0.39 is 0 Å². The fourth-order valence-electron chi connectivity index (χ4n) is 2.63. The highest BCUT2D eigenvalue weighted by molar-refractivity contribution is 5.06. The summed E-state index contributed by atoms with van der Waals surface area (Å²) in [5, 5.41) is 12.9. The lowest BCUT2D eigenvalue weighted by molar-refractivity contribution is -0.0826. The summed E-state index contributed by atoms with van der Waals surface area (Å²) in [6.45, 7) is 5.84. The van der Waals surface area contributed by atoms with Gasteiger partial charge in [0.15, 0.2) is 0 Å². The number of hydrogen-bond donors (Lipinski definition) is 2. The van der Waals surface area contributed by atoms with Crippen molar-refractivity contribution in [3.05, 3.63) is 0 Å². The van der Waals surface area contributed by atoms with Gasteiger partial charge in [0.1, 0.15) is 0 Å². The zero-order valence-corrected chi connectivity index (χ0v) is 7.70. The summed E-state index contributed by atoms with van der Waals surface area (Å²) in [6, 6.07) is 0.270. The maximum absolute atomic E-state index is 9.60. The number of likely N-dealkylation sites (tertiary alicyclic amines) is 1. The highest BCUT2D eigenvalue weighted by atomic mass is 16.5. The summed E-state index contributed by atoms with van der Waals surface area (Å²) in [6.07, 6.45) is -0.259. The van der Waals surface area contributed by atoms with Crippen LogP contribution >= 0.6 is 0 Å². The van der Waals surface area contributed by atoms with E-state index in [9.17, 15) is 5.11 Å². The molecule has 3 aliphatic rings. The Morgan fingerprint density at radius 2 is 2.08 bits per heavy atom. The van der Waals surface area contributed by atoms with Crippen LogP contribution in [0.3, 0.4) is 0 Å². The van der Waals surface area contributed by atoms with Crippen LogP contribution < -0.4 is 5.32 Å². The van der Waals surface area contributed by atoms with Gasteiger partial charge in [-0.2, -0.15) is 0 Å². The molecule has 3 aliphatic heterocycles. The van der Waals surface area contributed by atoms with Crippen LogP contribution in [0.25, 0.3) is 0 Å². The van der Waals surface area contributed by atoms with E-state index in [-0.39, 0.29) is 12.1 Å². The van der Waals surface area contributed by atoms with Crippen LogP contribution in [0.4, 0.5) is 0 Å². The van der Waals surface area contributed by atoms with Crippen molar-refractivity contribution in [3.63, 3.8) is 0 Å². The molecule has 0 radical (unpaired) electrons. The van der Waals surface area contributed by atoms with Crippen molar-refractivity contribution in [2.24, 2.45) is 5.41 Å². The number of ether oxygens (including phenoxy) is 1. The zero-order valence-electron chi connectivity index (χ0n) is 7.70. The first kappa shape index (κ1) is 8.17. The van der Waals surface area contributed by atoms with Gasteiger partial charge in [-0.15, -0.1) is 0 Å². The van der Waals surface area contributed by atoms with Crippen molar-refractivity contribution >= 4 is 0 Å². The van der Waals surface area contributed by atoms with E-state index in [1.807, 2.05) is 0 Å². The number of nitrogens with one attached hydrogen (secondary N) is 1. The van der Waals surface area contributed by atoms with E-state index in [1.165, 1.54) is 0 Å². The van der Waals surface area contributed by atoms with E-state index in [2.05, 4.69) is 10.2 Å². The van der Waals surface area contributed by atoms with Gasteiger partial charge in [-0.05, 0) is 0 Å². The SMILES string of the molecule is O[C@H]1COC[C@H]1N1CC2(CNC2)C1. The van der Waals surface area contributed by atoms with Crippen molar-refractivity contribution in [2.45, 2.75) is 12.1 Å². The van der Waals surface area contributed by atoms with Gasteiger partial charge in [-0.1, -0.05) is 0 Å². The zero-order chi connectivity index (χ0) is 8.89. The predicted octanol–water partition coefficient (Wildman–Crippen LogP) is -1.35. The molecule has 3 saturated heterocycles. The molecule has 0 saturated carbocycles. The first-order valence-electron chi connectivity index (χ1n) is 5.00. The molecule has 3 rings (SSSR count). The summed E-state index contributed by atoms with van der Waals surface area (Å²) >= 11 is 0. The lowest BCUT2D eigenvalue weighted by atomic mass is 9.73. The Morgan fingerprint density at radius 3 is 2.54 bits per heavy atom. The van der Waals surface area contributed by atoms with Gasteiger partial charge >= 0.3 is 0 Å². The summed E-state index contributed by atoms with van der Waals surface area (Å²) in [5.41, 5.74) is 0.558. The van der Waals surface area contributed by atoms with Crippen LogP contribution in [0, 0.1) is 5.41 Å². The normalized spacial score (nSPS) is 43.2. The molecular weight excluding hydrogens is 168 g/mol. The molecule has 3 heterocycles. The van der Waals surface area contributed by atoms with Gasteiger partial charge in [0.2, 0.25) is 0 Å². The Balaban J connectivity index is 1.57. The first-order valence-corrected chi connectivity index (χ1v) is 5.00. The van der Waals surface area contributed by atoms with E-state index in [4.69, 9.17) is 4.74 Å². The average Bonchev–Trinajstić information content (AvgIpc) is 2.30. The molecule has 0 unspecified atom stereocenters. The van der Waals surface area contributed by atoms with E-state index in [0.717, 1.165) is 26.2 Å². The standard InChI is InChI=1S/C9H16N2O2/c12-8-2-13-1-7(8)11-5-9(6-11)3-10-4-9/h7-8,10,12H,1-6H2/t7-,8+/m1/s1. The van der Waals surface area contributed by atoms with Gasteiger partial charge in [0.25, 0.3) is 0 Å². The van der Waals surface area contributed by atoms with E-state index in [1.54, 1.807) is 0 Å². The van der Waals surface area contributed by atoms with Crippen molar-refractivity contribution in [1.82, 2.24) is 10.2 Å². The minimum Gasteiger partial charge on any atom is -0.389 e. The Bertz CT molecular complexity index is 210. The molecule has 0 aromatic heterocycles. The molecule has 0 aliphatic carbocycles. The van der Waals surface area contributed by atoms with Gasteiger partial charge < -0.3 is 15.2 Å². The highest BCUT2D eigenvalue weighted by Gasteiger charge is 2.51. The fourth-order valence-corrected chi connectivity index (χ4v) is 2.63. The van der Waals surface area contributed by atoms with Crippen LogP contribution in [0.5, 0.6) is 0 Å². The second kappa shape index (κ2) is 2.67. The second-order valence-electron chi connectivity index (χ2n) is 4.68. The van der Waals surface area contributed by atoms with Gasteiger partial charge in [0, 0.05) is 31.6 Å². The molecule has 3 fully saturated rings. The molecule has 0 aromatic rings. The third-order valence-corrected chi connectivity index (χ3v) is 3.57. The molecule has 1 spiro atoms. The maximum atomic E-state index is 9.60. The molecule has 4 nitrogen and oxygen atoms in total. The average molecular weight is 184 g/mol. The molecule has 4 heteroatoms. The summed E-state index contributed by atoms with van der Waals surface area (Å²) in [7, 11) is 0. The fraction of sp³-hybridized carbons (Fsp3) is 1.00. The number of rotatable bonds is 1. The number of aliphatic hydroxyl groups excluding tert-OH is 1. The molecule has 2 N–H and O–H groups in total. The third-order valence-electron chi connectivity index (χ3n) is 3.57. The predicted molar refractivity (Wildman–Crippen MR) is 47.5 cm³/mol. The van der Waals surface area contributed by atoms with Crippen LogP contribution in [0.15, 0.2) is 0 Å². The lowest BCUT2D eigenvalue weighted by Crippen LogP contribution is -2.73. The monoisotopic (exact) mass is 184 g/mol. The molecule has 0 amide bonds. The number of aliphatic hydroxyl groups is 1. The number of hydrogen-bond acceptors (Lipinski definition) is 4. The van der Waals surface area contributed by atoms with Crippen LogP contribution in [-0.2, 0) is 4.74 Å². The second-order valence-corrected chi connectivity index (χ2v) is 4.68. The quantitative estimate of drug-likeness (QED) is 0.529. The smallest absolute Gasteiger partial charge is 0.0950 e.